The van der Waals surface area contributed by atoms with E-state index < -0.39 is 0 Å². The lowest BCUT2D eigenvalue weighted by Crippen LogP contribution is -2.11. The third-order valence-corrected chi connectivity index (χ3v) is 10.3. The van der Waals surface area contributed by atoms with E-state index in [0.29, 0.717) is 0 Å². The highest BCUT2D eigenvalue weighted by Gasteiger charge is 2.17. The Morgan fingerprint density at radius 2 is 0.911 bits per heavy atom. The summed E-state index contributed by atoms with van der Waals surface area (Å²) in [6, 6.07) is 4.12. The van der Waals surface area contributed by atoms with Crippen molar-refractivity contribution in [2.24, 2.45) is 11.8 Å². The van der Waals surface area contributed by atoms with Gasteiger partial charge >= 0.3 is 0 Å². The molecule has 260 valence electrons. The van der Waals surface area contributed by atoms with E-state index in [1.165, 1.54) is 166 Å². The van der Waals surface area contributed by atoms with Gasteiger partial charge in [-0.2, -0.15) is 8.75 Å². The quantitative estimate of drug-likeness (QED) is 0.0743. The van der Waals surface area contributed by atoms with Gasteiger partial charge in [0.2, 0.25) is 0 Å². The fourth-order valence-corrected chi connectivity index (χ4v) is 7.27. The number of aromatic nitrogens is 2. The molecule has 4 nitrogen and oxygen atoms in total. The van der Waals surface area contributed by atoms with Gasteiger partial charge in [-0.05, 0) is 36.8 Å². The zero-order valence-electron chi connectivity index (χ0n) is 30.2. The third kappa shape index (κ3) is 18.5. The van der Waals surface area contributed by atoms with Crippen molar-refractivity contribution in [2.45, 2.75) is 195 Å². The van der Waals surface area contributed by atoms with Gasteiger partial charge in [-0.1, -0.05) is 182 Å². The molecule has 0 fully saturated rings. The molecule has 0 saturated heterocycles. The minimum Gasteiger partial charge on any atom is -0.490 e. The Kier molecular flexibility index (Phi) is 24.5. The lowest BCUT2D eigenvalue weighted by atomic mass is 9.92. The van der Waals surface area contributed by atoms with Crippen LogP contribution in [0.5, 0.6) is 11.5 Å². The van der Waals surface area contributed by atoms with Crippen LogP contribution in [0.2, 0.25) is 0 Å². The minimum absolute atomic E-state index is 0.735. The summed E-state index contributed by atoms with van der Waals surface area (Å²) in [7, 11) is 0. The molecule has 2 unspecified atom stereocenters. The minimum atomic E-state index is 0.735. The predicted octanol–water partition coefficient (Wildman–Crippen LogP) is 13.9. The molecule has 0 bridgehead atoms. The Labute approximate surface area is 283 Å². The van der Waals surface area contributed by atoms with Crippen molar-refractivity contribution in [2.75, 3.05) is 13.2 Å². The van der Waals surface area contributed by atoms with E-state index >= 15 is 0 Å². The second kappa shape index (κ2) is 27.7. The van der Waals surface area contributed by atoms with E-state index in [2.05, 4.69) is 48.6 Å². The van der Waals surface area contributed by atoms with Crippen molar-refractivity contribution in [1.29, 1.82) is 0 Å². The summed E-state index contributed by atoms with van der Waals surface area (Å²) in [6.07, 6.45) is 34.9. The summed E-state index contributed by atoms with van der Waals surface area (Å²) < 4.78 is 22.2. The topological polar surface area (TPSA) is 44.2 Å². The number of fused-ring (bicyclic) bond motifs is 1. The number of nitrogens with zero attached hydrogens (tertiary/aromatic N) is 2. The average molecular weight is 645 g/mol. The number of ether oxygens (including phenoxy) is 2. The van der Waals surface area contributed by atoms with Crippen LogP contribution in [-0.4, -0.2) is 22.0 Å². The molecule has 45 heavy (non-hydrogen) atoms. The first-order valence-corrected chi connectivity index (χ1v) is 20.5. The van der Waals surface area contributed by atoms with Gasteiger partial charge in [0.05, 0.1) is 24.9 Å². The molecule has 0 aliphatic rings. The summed E-state index contributed by atoms with van der Waals surface area (Å²) in [5, 5.41) is 0. The summed E-state index contributed by atoms with van der Waals surface area (Å²) in [5.41, 5.74) is 1.79. The molecule has 0 spiro atoms. The van der Waals surface area contributed by atoms with Crippen LogP contribution in [0.1, 0.15) is 195 Å². The molecule has 0 amide bonds. The van der Waals surface area contributed by atoms with E-state index in [1.807, 2.05) is 0 Å². The summed E-state index contributed by atoms with van der Waals surface area (Å²) in [6.45, 7) is 10.7. The molecule has 0 radical (unpaired) electrons. The summed E-state index contributed by atoms with van der Waals surface area (Å²) in [5.74, 6) is 3.19. The maximum absolute atomic E-state index is 6.57. The van der Waals surface area contributed by atoms with Crippen molar-refractivity contribution in [1.82, 2.24) is 8.75 Å². The van der Waals surface area contributed by atoms with Crippen molar-refractivity contribution < 1.29 is 9.47 Å². The number of rotatable bonds is 32. The Bertz CT molecular complexity index is 932. The van der Waals surface area contributed by atoms with Gasteiger partial charge in [0.15, 0.2) is 17.0 Å². The molecule has 0 N–H and O–H groups in total. The van der Waals surface area contributed by atoms with Crippen LogP contribution in [0.25, 0.3) is 11.0 Å². The van der Waals surface area contributed by atoms with Gasteiger partial charge in [0, 0.05) is 0 Å². The largest absolute Gasteiger partial charge is 0.490 e. The first-order valence-electron chi connectivity index (χ1n) is 19.7. The molecule has 2 aromatic rings. The SMILES string of the molecule is CCCCCCCCC(CCCCCC)CCOc1ccc2nsnc2c1OCCC(CCCCCC)CCCCCCCC. The molecule has 0 aliphatic carbocycles. The number of benzene rings is 1. The van der Waals surface area contributed by atoms with Crippen LogP contribution in [0.15, 0.2) is 12.1 Å². The molecule has 1 aromatic heterocycles. The van der Waals surface area contributed by atoms with Crippen LogP contribution < -0.4 is 9.47 Å². The van der Waals surface area contributed by atoms with E-state index in [0.717, 1.165) is 60.4 Å². The zero-order chi connectivity index (χ0) is 32.2. The van der Waals surface area contributed by atoms with Crippen LogP contribution in [0.3, 0.4) is 0 Å². The van der Waals surface area contributed by atoms with Gasteiger partial charge in [-0.3, -0.25) is 0 Å². The summed E-state index contributed by atoms with van der Waals surface area (Å²) >= 11 is 1.27. The molecule has 0 aliphatic heterocycles. The normalized spacial score (nSPS) is 13.0. The highest BCUT2D eigenvalue weighted by Crippen LogP contribution is 2.36. The Morgan fingerprint density at radius 3 is 1.40 bits per heavy atom. The Morgan fingerprint density at radius 1 is 0.489 bits per heavy atom. The van der Waals surface area contributed by atoms with Crippen LogP contribution >= 0.6 is 11.7 Å². The lowest BCUT2D eigenvalue weighted by molar-refractivity contribution is 0.228. The molecule has 1 aromatic carbocycles. The Hall–Kier alpha value is -1.36. The van der Waals surface area contributed by atoms with Gasteiger partial charge in [0.25, 0.3) is 0 Å². The standard InChI is InChI=1S/C40H72N2O2S/c1-5-9-13-17-19-23-27-35(25-21-15-11-7-3)31-33-43-38-30-29-37-39(42-45-41-37)40(38)44-34-32-36(26-22-16-12-8-4)28-24-20-18-14-10-6-2/h29-30,35-36H,5-28,31-34H2,1-4H3. The fraction of sp³-hybridized carbons (Fsp3) is 0.850. The van der Waals surface area contributed by atoms with Crippen molar-refractivity contribution in [3.05, 3.63) is 12.1 Å². The average Bonchev–Trinajstić information content (AvgIpc) is 3.54. The second-order valence-corrected chi connectivity index (χ2v) is 14.4. The molecule has 2 atom stereocenters. The molecular weight excluding hydrogens is 573 g/mol. The van der Waals surface area contributed by atoms with Gasteiger partial charge in [-0.25, -0.2) is 0 Å². The number of unbranched alkanes of at least 4 members (excludes halogenated alkanes) is 16. The molecule has 5 heteroatoms. The van der Waals surface area contributed by atoms with Crippen LogP contribution in [0.4, 0.5) is 0 Å². The smallest absolute Gasteiger partial charge is 0.190 e. The maximum atomic E-state index is 6.57. The highest BCUT2D eigenvalue weighted by molar-refractivity contribution is 7.00. The fourth-order valence-electron chi connectivity index (χ4n) is 6.74. The lowest BCUT2D eigenvalue weighted by Gasteiger charge is -2.20. The Balaban J connectivity index is 1.93. The second-order valence-electron chi connectivity index (χ2n) is 13.8. The van der Waals surface area contributed by atoms with E-state index in [1.54, 1.807) is 0 Å². The van der Waals surface area contributed by atoms with E-state index in [9.17, 15) is 0 Å². The van der Waals surface area contributed by atoms with Crippen molar-refractivity contribution >= 4 is 22.8 Å². The zero-order valence-corrected chi connectivity index (χ0v) is 31.0. The van der Waals surface area contributed by atoms with E-state index in [-0.39, 0.29) is 0 Å². The van der Waals surface area contributed by atoms with Crippen molar-refractivity contribution in [3.63, 3.8) is 0 Å². The first-order chi connectivity index (χ1) is 22.2. The maximum Gasteiger partial charge on any atom is 0.190 e. The van der Waals surface area contributed by atoms with Gasteiger partial charge in [0.1, 0.15) is 5.52 Å². The molecular formula is C40H72N2O2S. The van der Waals surface area contributed by atoms with Gasteiger partial charge < -0.3 is 9.47 Å². The monoisotopic (exact) mass is 645 g/mol. The number of hydrogen-bond donors (Lipinski definition) is 0. The van der Waals surface area contributed by atoms with E-state index in [4.69, 9.17) is 9.47 Å². The predicted molar refractivity (Wildman–Crippen MR) is 198 cm³/mol. The molecule has 1 heterocycles. The third-order valence-electron chi connectivity index (χ3n) is 9.77. The first kappa shape index (κ1) is 39.8. The highest BCUT2D eigenvalue weighted by atomic mass is 32.1. The summed E-state index contributed by atoms with van der Waals surface area (Å²) in [4.78, 5) is 0. The number of hydrogen-bond acceptors (Lipinski definition) is 5. The van der Waals surface area contributed by atoms with Crippen LogP contribution in [0, 0.1) is 11.8 Å². The van der Waals surface area contributed by atoms with Gasteiger partial charge in [-0.15, -0.1) is 0 Å². The molecule has 2 rings (SSSR count). The van der Waals surface area contributed by atoms with Crippen LogP contribution in [-0.2, 0) is 0 Å². The van der Waals surface area contributed by atoms with Crippen molar-refractivity contribution in [3.8, 4) is 11.5 Å². The molecule has 0 saturated carbocycles.